The van der Waals surface area contributed by atoms with Gasteiger partial charge in [0, 0.05) is 13.1 Å². The number of nitrogens with one attached hydrogen (secondary N) is 1. The standard InChI is InChI=1S/C13H19N3O3S/c1-8-7-16(4-5-19-8)9(2)12(18)15-13-10(11(14)17)3-6-20-13/h3,6,8-9H,4-5,7H2,1-2H3,(H2,14,17)(H,15,18)/t8-,9+/m1/s1. The van der Waals surface area contributed by atoms with E-state index in [-0.39, 0.29) is 18.1 Å². The van der Waals surface area contributed by atoms with Crippen molar-refractivity contribution in [3.8, 4) is 0 Å². The molecule has 0 spiro atoms. The fraction of sp³-hybridized carbons (Fsp3) is 0.538. The SMILES string of the molecule is C[C@@H]1CN([C@@H](C)C(=O)Nc2sccc2C(N)=O)CCO1. The molecule has 0 aromatic carbocycles. The molecule has 1 aromatic rings. The third kappa shape index (κ3) is 3.36. The smallest absolute Gasteiger partial charge is 0.251 e. The van der Waals surface area contributed by atoms with Crippen LogP contribution in [0, 0.1) is 0 Å². The quantitative estimate of drug-likeness (QED) is 0.864. The lowest BCUT2D eigenvalue weighted by atomic mass is 10.2. The van der Waals surface area contributed by atoms with Gasteiger partial charge in [0.15, 0.2) is 0 Å². The molecule has 7 heteroatoms. The molecular formula is C13H19N3O3S. The van der Waals surface area contributed by atoms with Crippen LogP contribution in [0.3, 0.4) is 0 Å². The van der Waals surface area contributed by atoms with E-state index in [0.29, 0.717) is 17.2 Å². The first kappa shape index (κ1) is 15.0. The Bertz CT molecular complexity index is 503. The Labute approximate surface area is 121 Å². The third-order valence-electron chi connectivity index (χ3n) is 3.37. The minimum atomic E-state index is -0.533. The molecule has 3 N–H and O–H groups in total. The minimum Gasteiger partial charge on any atom is -0.376 e. The molecule has 2 rings (SSSR count). The molecule has 1 aromatic heterocycles. The molecule has 0 aliphatic carbocycles. The number of thiophene rings is 1. The second kappa shape index (κ2) is 6.34. The van der Waals surface area contributed by atoms with Crippen molar-refractivity contribution in [1.82, 2.24) is 4.90 Å². The van der Waals surface area contributed by atoms with E-state index in [1.54, 1.807) is 11.4 Å². The van der Waals surface area contributed by atoms with Crippen molar-refractivity contribution < 1.29 is 14.3 Å². The van der Waals surface area contributed by atoms with Gasteiger partial charge in [-0.25, -0.2) is 0 Å². The molecule has 2 amide bonds. The molecule has 1 aliphatic rings. The van der Waals surface area contributed by atoms with Crippen LogP contribution in [0.4, 0.5) is 5.00 Å². The number of primary amides is 1. The van der Waals surface area contributed by atoms with Crippen LogP contribution in [-0.2, 0) is 9.53 Å². The molecule has 1 fully saturated rings. The van der Waals surface area contributed by atoms with Crippen molar-refractivity contribution in [3.63, 3.8) is 0 Å². The van der Waals surface area contributed by atoms with E-state index in [2.05, 4.69) is 10.2 Å². The highest BCUT2D eigenvalue weighted by Crippen LogP contribution is 2.23. The molecular weight excluding hydrogens is 278 g/mol. The summed E-state index contributed by atoms with van der Waals surface area (Å²) in [7, 11) is 0. The summed E-state index contributed by atoms with van der Waals surface area (Å²) in [6.45, 7) is 5.92. The van der Waals surface area contributed by atoms with Gasteiger partial charge in [-0.2, -0.15) is 0 Å². The Balaban J connectivity index is 2.00. The lowest BCUT2D eigenvalue weighted by molar-refractivity contribution is -0.123. The number of anilines is 1. The lowest BCUT2D eigenvalue weighted by Crippen LogP contribution is -2.50. The number of carbonyl (C=O) groups excluding carboxylic acids is 2. The fourth-order valence-corrected chi connectivity index (χ4v) is 2.97. The van der Waals surface area contributed by atoms with Crippen LogP contribution in [-0.4, -0.2) is 48.6 Å². The highest BCUT2D eigenvalue weighted by molar-refractivity contribution is 7.14. The molecule has 20 heavy (non-hydrogen) atoms. The van der Waals surface area contributed by atoms with Crippen LogP contribution in [0.2, 0.25) is 0 Å². The number of nitrogens with zero attached hydrogens (tertiary/aromatic N) is 1. The first-order valence-electron chi connectivity index (χ1n) is 6.53. The second-order valence-electron chi connectivity index (χ2n) is 4.87. The van der Waals surface area contributed by atoms with Gasteiger partial charge in [0.2, 0.25) is 5.91 Å². The van der Waals surface area contributed by atoms with Crippen molar-refractivity contribution in [2.75, 3.05) is 25.0 Å². The number of hydrogen-bond acceptors (Lipinski definition) is 5. The average molecular weight is 297 g/mol. The zero-order valence-corrected chi connectivity index (χ0v) is 12.4. The predicted octanol–water partition coefficient (Wildman–Crippen LogP) is 0.895. The van der Waals surface area contributed by atoms with Gasteiger partial charge < -0.3 is 15.8 Å². The Morgan fingerprint density at radius 2 is 2.35 bits per heavy atom. The Kier molecular flexibility index (Phi) is 4.74. The van der Waals surface area contributed by atoms with Crippen LogP contribution in [0.1, 0.15) is 24.2 Å². The first-order chi connectivity index (χ1) is 9.49. The summed E-state index contributed by atoms with van der Waals surface area (Å²) in [4.78, 5) is 25.6. The molecule has 2 heterocycles. The van der Waals surface area contributed by atoms with E-state index in [0.717, 1.165) is 13.1 Å². The van der Waals surface area contributed by atoms with E-state index >= 15 is 0 Å². The number of ether oxygens (including phenoxy) is 1. The number of rotatable bonds is 4. The highest BCUT2D eigenvalue weighted by Gasteiger charge is 2.26. The van der Waals surface area contributed by atoms with E-state index in [9.17, 15) is 9.59 Å². The van der Waals surface area contributed by atoms with Gasteiger partial charge >= 0.3 is 0 Å². The van der Waals surface area contributed by atoms with Crippen molar-refractivity contribution in [2.24, 2.45) is 5.73 Å². The van der Waals surface area contributed by atoms with E-state index in [1.165, 1.54) is 11.3 Å². The maximum Gasteiger partial charge on any atom is 0.251 e. The van der Waals surface area contributed by atoms with E-state index in [1.807, 2.05) is 13.8 Å². The molecule has 0 unspecified atom stereocenters. The fourth-order valence-electron chi connectivity index (χ4n) is 2.18. The molecule has 0 bridgehead atoms. The number of carbonyl (C=O) groups is 2. The normalized spacial score (nSPS) is 21.4. The van der Waals surface area contributed by atoms with Gasteiger partial charge in [0.25, 0.3) is 5.91 Å². The summed E-state index contributed by atoms with van der Waals surface area (Å²) in [5.41, 5.74) is 5.61. The monoisotopic (exact) mass is 297 g/mol. The van der Waals surface area contributed by atoms with Gasteiger partial charge in [0.05, 0.1) is 24.3 Å². The van der Waals surface area contributed by atoms with Gasteiger partial charge in [0.1, 0.15) is 5.00 Å². The van der Waals surface area contributed by atoms with Crippen molar-refractivity contribution >= 4 is 28.2 Å². The molecule has 2 atom stereocenters. The maximum atomic E-state index is 12.3. The lowest BCUT2D eigenvalue weighted by Gasteiger charge is -2.34. The van der Waals surface area contributed by atoms with Crippen molar-refractivity contribution in [2.45, 2.75) is 26.0 Å². The maximum absolute atomic E-state index is 12.3. The van der Waals surface area contributed by atoms with Gasteiger partial charge in [-0.05, 0) is 25.3 Å². The molecule has 1 aliphatic heterocycles. The van der Waals surface area contributed by atoms with Crippen LogP contribution in [0.15, 0.2) is 11.4 Å². The number of nitrogens with two attached hydrogens (primary N) is 1. The summed E-state index contributed by atoms with van der Waals surface area (Å²) >= 11 is 1.29. The summed E-state index contributed by atoms with van der Waals surface area (Å²) in [5, 5.41) is 5.02. The average Bonchev–Trinajstić information content (AvgIpc) is 2.86. The Hall–Kier alpha value is -1.44. The largest absolute Gasteiger partial charge is 0.376 e. The number of hydrogen-bond donors (Lipinski definition) is 2. The van der Waals surface area contributed by atoms with Crippen molar-refractivity contribution in [1.29, 1.82) is 0 Å². The van der Waals surface area contributed by atoms with Crippen molar-refractivity contribution in [3.05, 3.63) is 17.0 Å². The molecule has 1 saturated heterocycles. The molecule has 0 saturated carbocycles. The van der Waals surface area contributed by atoms with Crippen LogP contribution in [0.25, 0.3) is 0 Å². The van der Waals surface area contributed by atoms with Crippen LogP contribution in [0.5, 0.6) is 0 Å². The van der Waals surface area contributed by atoms with Crippen LogP contribution < -0.4 is 11.1 Å². The topological polar surface area (TPSA) is 84.7 Å². The van der Waals surface area contributed by atoms with E-state index < -0.39 is 5.91 Å². The van der Waals surface area contributed by atoms with Gasteiger partial charge in [-0.1, -0.05) is 0 Å². The third-order valence-corrected chi connectivity index (χ3v) is 4.20. The molecule has 6 nitrogen and oxygen atoms in total. The second-order valence-corrected chi connectivity index (χ2v) is 5.79. The minimum absolute atomic E-state index is 0.127. The summed E-state index contributed by atoms with van der Waals surface area (Å²) in [5.74, 6) is -0.668. The van der Waals surface area contributed by atoms with Crippen LogP contribution >= 0.6 is 11.3 Å². The first-order valence-corrected chi connectivity index (χ1v) is 7.41. The molecule has 110 valence electrons. The zero-order chi connectivity index (χ0) is 14.7. The number of amides is 2. The predicted molar refractivity (Wildman–Crippen MR) is 77.9 cm³/mol. The summed E-state index contributed by atoms with van der Waals surface area (Å²) < 4.78 is 5.46. The summed E-state index contributed by atoms with van der Waals surface area (Å²) in [6.07, 6.45) is 0.127. The Morgan fingerprint density at radius 3 is 3.00 bits per heavy atom. The van der Waals surface area contributed by atoms with E-state index in [4.69, 9.17) is 10.5 Å². The number of morpholine rings is 1. The zero-order valence-electron chi connectivity index (χ0n) is 11.6. The summed E-state index contributed by atoms with van der Waals surface area (Å²) in [6, 6.07) is 1.34. The highest BCUT2D eigenvalue weighted by atomic mass is 32.1. The van der Waals surface area contributed by atoms with Gasteiger partial charge in [-0.3, -0.25) is 14.5 Å². The van der Waals surface area contributed by atoms with Gasteiger partial charge in [-0.15, -0.1) is 11.3 Å². The Morgan fingerprint density at radius 1 is 1.60 bits per heavy atom. The molecule has 0 radical (unpaired) electrons.